The van der Waals surface area contributed by atoms with Gasteiger partial charge in [-0.2, -0.15) is 0 Å². The van der Waals surface area contributed by atoms with Crippen molar-refractivity contribution in [3.05, 3.63) is 0 Å². The van der Waals surface area contributed by atoms with Gasteiger partial charge in [0.15, 0.2) is 0 Å². The van der Waals surface area contributed by atoms with Crippen molar-refractivity contribution >= 4 is 5.78 Å². The Bertz CT molecular complexity index is 308. The van der Waals surface area contributed by atoms with Crippen LogP contribution in [0.3, 0.4) is 0 Å². The predicted octanol–water partition coefficient (Wildman–Crippen LogP) is 3.11. The Balaban J connectivity index is 1.54. The molecule has 2 aliphatic heterocycles. The van der Waals surface area contributed by atoms with Crippen molar-refractivity contribution in [3.8, 4) is 0 Å². The van der Waals surface area contributed by atoms with E-state index in [4.69, 9.17) is 9.47 Å². The van der Waals surface area contributed by atoms with Crippen LogP contribution in [0.5, 0.6) is 0 Å². The average Bonchev–Trinajstić information content (AvgIpc) is 2.93. The van der Waals surface area contributed by atoms with E-state index in [1.54, 1.807) is 0 Å². The van der Waals surface area contributed by atoms with Crippen molar-refractivity contribution in [2.75, 3.05) is 19.8 Å². The third kappa shape index (κ3) is 3.19. The minimum Gasteiger partial charge on any atom is -0.381 e. The monoisotopic (exact) mass is 266 g/mol. The Morgan fingerprint density at radius 3 is 2.53 bits per heavy atom. The van der Waals surface area contributed by atoms with E-state index in [0.29, 0.717) is 17.6 Å². The van der Waals surface area contributed by atoms with E-state index in [1.807, 2.05) is 0 Å². The Kier molecular flexibility index (Phi) is 4.23. The van der Waals surface area contributed by atoms with Crippen LogP contribution < -0.4 is 0 Å². The summed E-state index contributed by atoms with van der Waals surface area (Å²) in [5.41, 5.74) is 0.0388. The van der Waals surface area contributed by atoms with E-state index >= 15 is 0 Å². The first-order valence-corrected chi connectivity index (χ1v) is 8.02. The first-order chi connectivity index (χ1) is 9.27. The Morgan fingerprint density at radius 2 is 1.79 bits per heavy atom. The molecule has 0 aromatic rings. The molecule has 1 saturated carbocycles. The van der Waals surface area contributed by atoms with E-state index in [1.165, 1.54) is 12.8 Å². The zero-order valence-corrected chi connectivity index (χ0v) is 11.9. The van der Waals surface area contributed by atoms with Crippen LogP contribution in [0.1, 0.15) is 57.8 Å². The number of hydrogen-bond acceptors (Lipinski definition) is 3. The molecule has 108 valence electrons. The van der Waals surface area contributed by atoms with Crippen LogP contribution in [0, 0.1) is 11.8 Å². The van der Waals surface area contributed by atoms with Crippen molar-refractivity contribution in [1.82, 2.24) is 0 Å². The third-order valence-corrected chi connectivity index (χ3v) is 5.30. The highest BCUT2D eigenvalue weighted by molar-refractivity contribution is 5.81. The molecule has 0 N–H and O–H groups in total. The molecular formula is C16H26O3. The molecule has 2 saturated heterocycles. The summed E-state index contributed by atoms with van der Waals surface area (Å²) in [6, 6.07) is 0. The Labute approximate surface area is 116 Å². The lowest BCUT2D eigenvalue weighted by atomic mass is 9.78. The van der Waals surface area contributed by atoms with Gasteiger partial charge in [-0.15, -0.1) is 0 Å². The third-order valence-electron chi connectivity index (χ3n) is 5.30. The second-order valence-electron chi connectivity index (χ2n) is 6.65. The van der Waals surface area contributed by atoms with Gasteiger partial charge in [0.05, 0.1) is 5.60 Å². The highest BCUT2D eigenvalue weighted by Crippen LogP contribution is 2.39. The number of ether oxygens (including phenoxy) is 2. The zero-order valence-electron chi connectivity index (χ0n) is 11.9. The van der Waals surface area contributed by atoms with E-state index in [9.17, 15) is 4.79 Å². The van der Waals surface area contributed by atoms with Crippen molar-refractivity contribution in [2.45, 2.75) is 63.4 Å². The van der Waals surface area contributed by atoms with Gasteiger partial charge in [0.2, 0.25) is 0 Å². The highest BCUT2D eigenvalue weighted by atomic mass is 16.5. The van der Waals surface area contributed by atoms with E-state index in [-0.39, 0.29) is 5.60 Å². The lowest BCUT2D eigenvalue weighted by molar-refractivity contribution is -0.150. The van der Waals surface area contributed by atoms with E-state index < -0.39 is 0 Å². The fourth-order valence-electron chi connectivity index (χ4n) is 4.09. The van der Waals surface area contributed by atoms with Gasteiger partial charge in [0.25, 0.3) is 0 Å². The SMILES string of the molecule is O=C(CC1CCOC2(CCOCC2)C1)C1CCCC1. The largest absolute Gasteiger partial charge is 0.381 e. The fourth-order valence-corrected chi connectivity index (χ4v) is 4.09. The Morgan fingerprint density at radius 1 is 1.05 bits per heavy atom. The average molecular weight is 266 g/mol. The first kappa shape index (κ1) is 13.6. The Hall–Kier alpha value is -0.410. The van der Waals surface area contributed by atoms with E-state index in [2.05, 4.69) is 0 Å². The number of rotatable bonds is 3. The number of hydrogen-bond donors (Lipinski definition) is 0. The smallest absolute Gasteiger partial charge is 0.136 e. The minimum atomic E-state index is 0.0388. The fraction of sp³-hybridized carbons (Fsp3) is 0.938. The van der Waals surface area contributed by atoms with Crippen LogP contribution >= 0.6 is 0 Å². The second-order valence-corrected chi connectivity index (χ2v) is 6.65. The summed E-state index contributed by atoms with van der Waals surface area (Å²) < 4.78 is 11.5. The molecule has 1 aliphatic carbocycles. The van der Waals surface area contributed by atoms with Crippen molar-refractivity contribution in [2.24, 2.45) is 11.8 Å². The van der Waals surface area contributed by atoms with Crippen LogP contribution in [0.25, 0.3) is 0 Å². The summed E-state index contributed by atoms with van der Waals surface area (Å²) in [4.78, 5) is 12.3. The maximum Gasteiger partial charge on any atom is 0.136 e. The molecule has 0 radical (unpaired) electrons. The van der Waals surface area contributed by atoms with Gasteiger partial charge in [-0.1, -0.05) is 12.8 Å². The van der Waals surface area contributed by atoms with Crippen molar-refractivity contribution in [3.63, 3.8) is 0 Å². The van der Waals surface area contributed by atoms with Crippen molar-refractivity contribution < 1.29 is 14.3 Å². The molecule has 2 heterocycles. The molecule has 0 aromatic carbocycles. The minimum absolute atomic E-state index is 0.0388. The quantitative estimate of drug-likeness (QED) is 0.787. The molecular weight excluding hydrogens is 240 g/mol. The van der Waals surface area contributed by atoms with Crippen LogP contribution in [-0.4, -0.2) is 31.2 Å². The number of carbonyl (C=O) groups excluding carboxylic acids is 1. The summed E-state index contributed by atoms with van der Waals surface area (Å²) in [5.74, 6) is 1.47. The predicted molar refractivity (Wildman–Crippen MR) is 73.0 cm³/mol. The molecule has 1 unspecified atom stereocenters. The normalized spacial score (nSPS) is 31.7. The van der Waals surface area contributed by atoms with Gasteiger partial charge in [-0.05, 0) is 44.4 Å². The number of carbonyl (C=O) groups is 1. The summed E-state index contributed by atoms with van der Waals surface area (Å²) >= 11 is 0. The molecule has 3 rings (SSSR count). The molecule has 3 heteroatoms. The molecule has 1 spiro atoms. The van der Waals surface area contributed by atoms with Crippen molar-refractivity contribution in [1.29, 1.82) is 0 Å². The maximum absolute atomic E-state index is 12.3. The lowest BCUT2D eigenvalue weighted by Crippen LogP contribution is -2.44. The molecule has 1 atom stereocenters. The van der Waals surface area contributed by atoms with Crippen LogP contribution in [0.4, 0.5) is 0 Å². The molecule has 0 aromatic heterocycles. The highest BCUT2D eigenvalue weighted by Gasteiger charge is 2.39. The molecule has 3 nitrogen and oxygen atoms in total. The summed E-state index contributed by atoms with van der Waals surface area (Å²) in [7, 11) is 0. The van der Waals surface area contributed by atoms with Gasteiger partial charge in [-0.25, -0.2) is 0 Å². The van der Waals surface area contributed by atoms with Gasteiger partial charge in [0, 0.05) is 32.2 Å². The number of ketones is 1. The summed E-state index contributed by atoms with van der Waals surface area (Å²) in [5, 5.41) is 0. The molecule has 3 aliphatic rings. The molecule has 0 bridgehead atoms. The zero-order chi connectivity index (χ0) is 13.1. The van der Waals surface area contributed by atoms with Crippen LogP contribution in [0.2, 0.25) is 0 Å². The first-order valence-electron chi connectivity index (χ1n) is 8.02. The summed E-state index contributed by atoms with van der Waals surface area (Å²) in [6.07, 6.45) is 9.77. The number of Topliss-reactive ketones (excluding diaryl/α,β-unsaturated/α-hetero) is 1. The van der Waals surface area contributed by atoms with Gasteiger partial charge in [-0.3, -0.25) is 4.79 Å². The lowest BCUT2D eigenvalue weighted by Gasteiger charge is -2.43. The topological polar surface area (TPSA) is 35.5 Å². The summed E-state index contributed by atoms with van der Waals surface area (Å²) in [6.45, 7) is 2.48. The van der Waals surface area contributed by atoms with Gasteiger partial charge >= 0.3 is 0 Å². The van der Waals surface area contributed by atoms with Gasteiger partial charge < -0.3 is 9.47 Å². The molecule has 3 fully saturated rings. The second kappa shape index (κ2) is 5.92. The standard InChI is InChI=1S/C16H26O3/c17-15(14-3-1-2-4-14)11-13-5-8-19-16(12-13)6-9-18-10-7-16/h13-14H,1-12H2. The van der Waals surface area contributed by atoms with E-state index in [0.717, 1.165) is 64.8 Å². The van der Waals surface area contributed by atoms with Gasteiger partial charge in [0.1, 0.15) is 5.78 Å². The maximum atomic E-state index is 12.3. The molecule has 0 amide bonds. The van der Waals surface area contributed by atoms with Crippen LogP contribution in [-0.2, 0) is 14.3 Å². The van der Waals surface area contributed by atoms with Crippen LogP contribution in [0.15, 0.2) is 0 Å². The molecule has 19 heavy (non-hydrogen) atoms.